The van der Waals surface area contributed by atoms with Crippen LogP contribution in [0.3, 0.4) is 0 Å². The summed E-state index contributed by atoms with van der Waals surface area (Å²) >= 11 is 0. The number of nitrogens with zero attached hydrogens (tertiary/aromatic N) is 4. The molecule has 1 aliphatic heterocycles. The van der Waals surface area contributed by atoms with E-state index in [1.165, 1.54) is 12.3 Å². The highest BCUT2D eigenvalue weighted by Crippen LogP contribution is 2.25. The van der Waals surface area contributed by atoms with Gasteiger partial charge in [-0.3, -0.25) is 9.48 Å². The number of fused-ring (bicyclic) bond motifs is 1. The zero-order chi connectivity index (χ0) is 17.6. The van der Waals surface area contributed by atoms with Gasteiger partial charge in [-0.15, -0.1) is 0 Å². The SMILES string of the molecule is O=C1NCCn2nc(-c3ccnc(-c4cc(F)cc(F)c4F)n3)cc21. The minimum Gasteiger partial charge on any atom is -0.349 e. The average molecular weight is 345 g/mol. The van der Waals surface area contributed by atoms with Crippen molar-refractivity contribution in [2.75, 3.05) is 6.54 Å². The van der Waals surface area contributed by atoms with Crippen molar-refractivity contribution in [3.05, 3.63) is 53.6 Å². The Morgan fingerprint density at radius 1 is 1.12 bits per heavy atom. The van der Waals surface area contributed by atoms with E-state index in [2.05, 4.69) is 20.4 Å². The van der Waals surface area contributed by atoms with E-state index in [4.69, 9.17) is 0 Å². The molecule has 1 amide bonds. The lowest BCUT2D eigenvalue weighted by molar-refractivity contribution is 0.0924. The molecule has 4 rings (SSSR count). The lowest BCUT2D eigenvalue weighted by Gasteiger charge is -2.13. The van der Waals surface area contributed by atoms with Gasteiger partial charge in [0, 0.05) is 18.8 Å². The molecular weight excluding hydrogens is 335 g/mol. The normalized spacial score (nSPS) is 13.5. The van der Waals surface area contributed by atoms with Gasteiger partial charge in [0.2, 0.25) is 0 Å². The molecule has 1 aliphatic rings. The van der Waals surface area contributed by atoms with Crippen molar-refractivity contribution in [2.45, 2.75) is 6.54 Å². The molecule has 25 heavy (non-hydrogen) atoms. The summed E-state index contributed by atoms with van der Waals surface area (Å²) in [5.74, 6) is -3.92. The van der Waals surface area contributed by atoms with Crippen LogP contribution < -0.4 is 5.32 Å². The molecule has 0 bridgehead atoms. The monoisotopic (exact) mass is 345 g/mol. The number of benzene rings is 1. The highest BCUT2D eigenvalue weighted by atomic mass is 19.2. The van der Waals surface area contributed by atoms with Crippen LogP contribution in [0.25, 0.3) is 22.8 Å². The summed E-state index contributed by atoms with van der Waals surface area (Å²) < 4.78 is 42.3. The molecule has 1 N–H and O–H groups in total. The van der Waals surface area contributed by atoms with Gasteiger partial charge in [0.25, 0.3) is 5.91 Å². The molecular formula is C16H10F3N5O. The van der Waals surface area contributed by atoms with E-state index in [1.54, 1.807) is 10.7 Å². The van der Waals surface area contributed by atoms with Crippen LogP contribution in [0.2, 0.25) is 0 Å². The zero-order valence-corrected chi connectivity index (χ0v) is 12.6. The van der Waals surface area contributed by atoms with Crippen molar-refractivity contribution in [2.24, 2.45) is 0 Å². The number of halogens is 3. The van der Waals surface area contributed by atoms with E-state index in [1.807, 2.05) is 0 Å². The van der Waals surface area contributed by atoms with Crippen LogP contribution >= 0.6 is 0 Å². The van der Waals surface area contributed by atoms with E-state index in [0.717, 1.165) is 6.07 Å². The topological polar surface area (TPSA) is 72.7 Å². The summed E-state index contributed by atoms with van der Waals surface area (Å²) in [6.07, 6.45) is 1.33. The van der Waals surface area contributed by atoms with Gasteiger partial charge in [0.05, 0.1) is 17.8 Å². The first-order chi connectivity index (χ1) is 12.0. The van der Waals surface area contributed by atoms with E-state index in [0.29, 0.717) is 36.2 Å². The third-order valence-electron chi connectivity index (χ3n) is 3.77. The van der Waals surface area contributed by atoms with Crippen molar-refractivity contribution in [1.82, 2.24) is 25.1 Å². The molecule has 0 spiro atoms. The second kappa shape index (κ2) is 5.69. The number of hydrogen-bond donors (Lipinski definition) is 1. The quantitative estimate of drug-likeness (QED) is 0.723. The lowest BCUT2D eigenvalue weighted by atomic mass is 10.1. The largest absolute Gasteiger partial charge is 0.349 e. The summed E-state index contributed by atoms with van der Waals surface area (Å²) in [5.41, 5.74) is 0.683. The number of nitrogens with one attached hydrogen (secondary N) is 1. The van der Waals surface area contributed by atoms with Gasteiger partial charge in [-0.2, -0.15) is 5.10 Å². The van der Waals surface area contributed by atoms with Gasteiger partial charge >= 0.3 is 0 Å². The van der Waals surface area contributed by atoms with Gasteiger partial charge < -0.3 is 5.32 Å². The number of carbonyl (C=O) groups is 1. The molecule has 0 fully saturated rings. The van der Waals surface area contributed by atoms with Gasteiger partial charge in [-0.1, -0.05) is 0 Å². The Morgan fingerprint density at radius 3 is 2.76 bits per heavy atom. The van der Waals surface area contributed by atoms with E-state index in [-0.39, 0.29) is 17.3 Å². The maximum Gasteiger partial charge on any atom is 0.269 e. The first kappa shape index (κ1) is 15.3. The van der Waals surface area contributed by atoms with Crippen molar-refractivity contribution in [3.8, 4) is 22.8 Å². The minimum atomic E-state index is -1.32. The fourth-order valence-corrected chi connectivity index (χ4v) is 2.61. The Morgan fingerprint density at radius 2 is 1.96 bits per heavy atom. The molecule has 126 valence electrons. The Bertz CT molecular complexity index is 1000. The smallest absolute Gasteiger partial charge is 0.269 e. The molecule has 0 atom stereocenters. The van der Waals surface area contributed by atoms with E-state index < -0.39 is 17.5 Å². The molecule has 3 aromatic rings. The number of carbonyl (C=O) groups excluding carboxylic acids is 1. The molecule has 0 unspecified atom stereocenters. The van der Waals surface area contributed by atoms with Gasteiger partial charge in [-0.25, -0.2) is 23.1 Å². The second-order valence-corrected chi connectivity index (χ2v) is 5.41. The van der Waals surface area contributed by atoms with E-state index in [9.17, 15) is 18.0 Å². The predicted molar refractivity (Wildman–Crippen MR) is 80.9 cm³/mol. The second-order valence-electron chi connectivity index (χ2n) is 5.41. The standard InChI is InChI=1S/C16H10F3N5O/c17-8-5-9(14(19)10(18)6-8)15-20-2-1-11(22-15)12-7-13-16(25)21-3-4-24(13)23-12/h1-2,5-7H,3-4H2,(H,21,25). The Kier molecular flexibility index (Phi) is 3.48. The van der Waals surface area contributed by atoms with Gasteiger partial charge in [-0.05, 0) is 18.2 Å². The molecule has 0 aliphatic carbocycles. The number of rotatable bonds is 2. The number of aromatic nitrogens is 4. The Hall–Kier alpha value is -3.23. The van der Waals surface area contributed by atoms with Crippen LogP contribution in [0, 0.1) is 17.5 Å². The predicted octanol–water partition coefficient (Wildman–Crippen LogP) is 2.17. The van der Waals surface area contributed by atoms with Crippen molar-refractivity contribution in [3.63, 3.8) is 0 Å². The first-order valence-corrected chi connectivity index (χ1v) is 7.37. The van der Waals surface area contributed by atoms with E-state index >= 15 is 0 Å². The molecule has 2 aromatic heterocycles. The minimum absolute atomic E-state index is 0.177. The molecule has 1 aromatic carbocycles. The van der Waals surface area contributed by atoms with Crippen molar-refractivity contribution in [1.29, 1.82) is 0 Å². The number of amides is 1. The van der Waals surface area contributed by atoms with Crippen LogP contribution in [0.4, 0.5) is 13.2 Å². The summed E-state index contributed by atoms with van der Waals surface area (Å²) in [4.78, 5) is 19.8. The van der Waals surface area contributed by atoms with Crippen molar-refractivity contribution >= 4 is 5.91 Å². The third-order valence-corrected chi connectivity index (χ3v) is 3.77. The highest BCUT2D eigenvalue weighted by molar-refractivity contribution is 5.94. The van der Waals surface area contributed by atoms with Gasteiger partial charge in [0.1, 0.15) is 17.2 Å². The number of hydrogen-bond acceptors (Lipinski definition) is 4. The van der Waals surface area contributed by atoms with Crippen LogP contribution in [0.1, 0.15) is 10.5 Å². The molecule has 0 saturated carbocycles. The summed E-state index contributed by atoms with van der Waals surface area (Å²) in [6.45, 7) is 0.985. The fourth-order valence-electron chi connectivity index (χ4n) is 2.61. The summed E-state index contributed by atoms with van der Waals surface area (Å²) in [7, 11) is 0. The molecule has 0 saturated heterocycles. The van der Waals surface area contributed by atoms with Crippen LogP contribution in [-0.2, 0) is 6.54 Å². The Balaban J connectivity index is 1.80. The average Bonchev–Trinajstić information content (AvgIpc) is 3.04. The molecule has 6 nitrogen and oxygen atoms in total. The third kappa shape index (κ3) is 2.63. The van der Waals surface area contributed by atoms with Crippen LogP contribution in [0.5, 0.6) is 0 Å². The van der Waals surface area contributed by atoms with Crippen LogP contribution in [0.15, 0.2) is 30.5 Å². The zero-order valence-electron chi connectivity index (χ0n) is 12.6. The first-order valence-electron chi connectivity index (χ1n) is 7.37. The maximum absolute atomic E-state index is 13.9. The van der Waals surface area contributed by atoms with Crippen LogP contribution in [-0.4, -0.2) is 32.2 Å². The fraction of sp³-hybridized carbons (Fsp3) is 0.125. The van der Waals surface area contributed by atoms with Crippen molar-refractivity contribution < 1.29 is 18.0 Å². The summed E-state index contributed by atoms with van der Waals surface area (Å²) in [5, 5.41) is 6.98. The highest BCUT2D eigenvalue weighted by Gasteiger charge is 2.21. The van der Waals surface area contributed by atoms with Gasteiger partial charge in [0.15, 0.2) is 17.5 Å². The molecule has 3 heterocycles. The lowest BCUT2D eigenvalue weighted by Crippen LogP contribution is -2.35. The molecule has 9 heteroatoms. The molecule has 0 radical (unpaired) electrons. The maximum atomic E-state index is 13.9. The Labute approximate surface area is 139 Å². The summed E-state index contributed by atoms with van der Waals surface area (Å²) in [6, 6.07) is 4.33.